The van der Waals surface area contributed by atoms with E-state index in [1.165, 1.54) is 0 Å². The van der Waals surface area contributed by atoms with Crippen LogP contribution in [0.5, 0.6) is 0 Å². The van der Waals surface area contributed by atoms with Crippen molar-refractivity contribution in [3.8, 4) is 11.3 Å². The van der Waals surface area contributed by atoms with Crippen molar-refractivity contribution in [3.05, 3.63) is 35.6 Å². The number of anilines is 1. The van der Waals surface area contributed by atoms with Gasteiger partial charge in [-0.2, -0.15) is 10.1 Å². The molecule has 3 N–H and O–H groups in total. The largest absolute Gasteiger partial charge is 0.382 e. The molecule has 0 aliphatic carbocycles. The Labute approximate surface area is 102 Å². The first kappa shape index (κ1) is 10.0. The molecule has 0 unspecified atom stereocenters. The first-order valence-electron chi connectivity index (χ1n) is 4.98. The monoisotopic (exact) mass is 245 g/mol. The molecule has 0 saturated carbocycles. The van der Waals surface area contributed by atoms with Crippen LogP contribution in [0.4, 0.5) is 5.82 Å². The predicted octanol–water partition coefficient (Wildman–Crippen LogP) is 2.26. The molecule has 0 spiro atoms. The van der Waals surface area contributed by atoms with E-state index in [1.54, 1.807) is 0 Å². The maximum absolute atomic E-state index is 5.87. The molecular formula is C11H8ClN5. The van der Waals surface area contributed by atoms with E-state index >= 15 is 0 Å². The number of fused-ring (bicyclic) bond motifs is 1. The lowest BCUT2D eigenvalue weighted by atomic mass is 10.1. The second-order valence-corrected chi connectivity index (χ2v) is 3.88. The van der Waals surface area contributed by atoms with E-state index < -0.39 is 0 Å². The number of hydrogen-bond acceptors (Lipinski definition) is 4. The van der Waals surface area contributed by atoms with Crippen LogP contribution in [0.25, 0.3) is 22.3 Å². The number of halogens is 1. The normalized spacial score (nSPS) is 10.9. The first-order valence-corrected chi connectivity index (χ1v) is 5.36. The van der Waals surface area contributed by atoms with Gasteiger partial charge in [0.2, 0.25) is 5.28 Å². The molecule has 6 heteroatoms. The molecule has 3 rings (SSSR count). The maximum Gasteiger partial charge on any atom is 0.224 e. The second-order valence-electron chi connectivity index (χ2n) is 3.54. The Hall–Kier alpha value is -2.14. The Morgan fingerprint density at radius 3 is 2.65 bits per heavy atom. The van der Waals surface area contributed by atoms with E-state index in [9.17, 15) is 0 Å². The van der Waals surface area contributed by atoms with Crippen molar-refractivity contribution in [1.82, 2.24) is 20.2 Å². The summed E-state index contributed by atoms with van der Waals surface area (Å²) in [5, 5.41) is 7.50. The Morgan fingerprint density at radius 1 is 1.12 bits per heavy atom. The van der Waals surface area contributed by atoms with Crippen molar-refractivity contribution in [3.63, 3.8) is 0 Å². The van der Waals surface area contributed by atoms with E-state index in [0.29, 0.717) is 22.5 Å². The van der Waals surface area contributed by atoms with Gasteiger partial charge < -0.3 is 5.73 Å². The van der Waals surface area contributed by atoms with Crippen LogP contribution >= 0.6 is 11.6 Å². The average molecular weight is 246 g/mol. The van der Waals surface area contributed by atoms with Crippen molar-refractivity contribution in [2.45, 2.75) is 0 Å². The molecule has 0 saturated heterocycles. The molecule has 0 radical (unpaired) electrons. The molecule has 2 heterocycles. The highest BCUT2D eigenvalue weighted by Gasteiger charge is 2.13. The maximum atomic E-state index is 5.87. The summed E-state index contributed by atoms with van der Waals surface area (Å²) in [5.74, 6) is 0.371. The van der Waals surface area contributed by atoms with Crippen LogP contribution in [-0.2, 0) is 0 Å². The molecular weight excluding hydrogens is 238 g/mol. The predicted molar refractivity (Wildman–Crippen MR) is 66.5 cm³/mol. The zero-order chi connectivity index (χ0) is 11.8. The van der Waals surface area contributed by atoms with Crippen LogP contribution in [0.3, 0.4) is 0 Å². The molecule has 17 heavy (non-hydrogen) atoms. The molecule has 1 aromatic carbocycles. The lowest BCUT2D eigenvalue weighted by molar-refractivity contribution is 1.09. The summed E-state index contributed by atoms with van der Waals surface area (Å²) in [5.41, 5.74) is 7.95. The lowest BCUT2D eigenvalue weighted by Gasteiger charge is -2.02. The summed E-state index contributed by atoms with van der Waals surface area (Å²) >= 11 is 5.87. The molecule has 2 aromatic heterocycles. The number of rotatable bonds is 1. The number of nitrogens with two attached hydrogens (primary N) is 1. The SMILES string of the molecule is Nc1n[nH]c2nc(Cl)nc(-c3ccccc3)c12. The van der Waals surface area contributed by atoms with Gasteiger partial charge in [0.25, 0.3) is 0 Å². The highest BCUT2D eigenvalue weighted by atomic mass is 35.5. The molecule has 0 fully saturated rings. The van der Waals surface area contributed by atoms with Crippen molar-refractivity contribution in [1.29, 1.82) is 0 Å². The number of nitrogens with one attached hydrogen (secondary N) is 1. The Kier molecular flexibility index (Phi) is 2.19. The van der Waals surface area contributed by atoms with Gasteiger partial charge >= 0.3 is 0 Å². The van der Waals surface area contributed by atoms with Crippen molar-refractivity contribution < 1.29 is 0 Å². The molecule has 5 nitrogen and oxygen atoms in total. The number of aromatic nitrogens is 4. The van der Waals surface area contributed by atoms with Crippen molar-refractivity contribution in [2.75, 3.05) is 5.73 Å². The zero-order valence-corrected chi connectivity index (χ0v) is 9.44. The minimum Gasteiger partial charge on any atom is -0.382 e. The topological polar surface area (TPSA) is 80.5 Å². The highest BCUT2D eigenvalue weighted by Crippen LogP contribution is 2.29. The average Bonchev–Trinajstić information content (AvgIpc) is 2.71. The minimum atomic E-state index is 0.167. The van der Waals surface area contributed by atoms with Crippen LogP contribution in [0.2, 0.25) is 5.28 Å². The van der Waals surface area contributed by atoms with Crippen LogP contribution in [-0.4, -0.2) is 20.2 Å². The smallest absolute Gasteiger partial charge is 0.224 e. The third-order valence-corrected chi connectivity index (χ3v) is 2.64. The third-order valence-electron chi connectivity index (χ3n) is 2.47. The van der Waals surface area contributed by atoms with E-state index in [0.717, 1.165) is 5.56 Å². The second kappa shape index (κ2) is 3.71. The summed E-state index contributed by atoms with van der Waals surface area (Å²) in [4.78, 5) is 8.26. The number of nitrogen functional groups attached to an aromatic ring is 1. The Morgan fingerprint density at radius 2 is 1.88 bits per heavy atom. The van der Waals surface area contributed by atoms with Gasteiger partial charge in [-0.3, -0.25) is 5.10 Å². The molecule has 0 amide bonds. The number of hydrogen-bond donors (Lipinski definition) is 2. The number of H-pyrrole nitrogens is 1. The minimum absolute atomic E-state index is 0.167. The fraction of sp³-hybridized carbons (Fsp3) is 0. The molecule has 0 bridgehead atoms. The zero-order valence-electron chi connectivity index (χ0n) is 8.68. The summed E-state index contributed by atoms with van der Waals surface area (Å²) < 4.78 is 0. The van der Waals surface area contributed by atoms with Gasteiger partial charge in [0.05, 0.1) is 11.1 Å². The fourth-order valence-electron chi connectivity index (χ4n) is 1.73. The molecule has 3 aromatic rings. The number of nitrogens with zero attached hydrogens (tertiary/aromatic N) is 3. The standard InChI is InChI=1S/C11H8ClN5/c12-11-14-8(6-4-2-1-3-5-6)7-9(13)16-17-10(7)15-11/h1-5H,(H3,13,14,15,16,17). The first-order chi connectivity index (χ1) is 8.25. The van der Waals surface area contributed by atoms with Gasteiger partial charge in [0, 0.05) is 5.56 Å². The van der Waals surface area contributed by atoms with E-state index in [1.807, 2.05) is 30.3 Å². The van der Waals surface area contributed by atoms with Crippen molar-refractivity contribution >= 4 is 28.5 Å². The number of aromatic amines is 1. The Bertz CT molecular complexity index is 677. The fourth-order valence-corrected chi connectivity index (χ4v) is 1.90. The summed E-state index contributed by atoms with van der Waals surface area (Å²) in [7, 11) is 0. The van der Waals surface area contributed by atoms with Crippen LogP contribution < -0.4 is 5.73 Å². The van der Waals surface area contributed by atoms with E-state index in [4.69, 9.17) is 17.3 Å². The van der Waals surface area contributed by atoms with Crippen molar-refractivity contribution in [2.24, 2.45) is 0 Å². The Balaban J connectivity index is 2.39. The van der Waals surface area contributed by atoms with Gasteiger partial charge in [-0.25, -0.2) is 4.98 Å². The van der Waals surface area contributed by atoms with Gasteiger partial charge in [0.1, 0.15) is 0 Å². The lowest BCUT2D eigenvalue weighted by Crippen LogP contribution is -1.92. The van der Waals surface area contributed by atoms with Gasteiger partial charge in [-0.1, -0.05) is 30.3 Å². The molecule has 0 aliphatic heterocycles. The molecule has 84 valence electrons. The van der Waals surface area contributed by atoms with E-state index in [2.05, 4.69) is 20.2 Å². The molecule has 0 aliphatic rings. The van der Waals surface area contributed by atoms with Crippen LogP contribution in [0.15, 0.2) is 30.3 Å². The van der Waals surface area contributed by atoms with Crippen LogP contribution in [0, 0.1) is 0 Å². The van der Waals surface area contributed by atoms with E-state index in [-0.39, 0.29) is 5.28 Å². The quantitative estimate of drug-likeness (QED) is 0.645. The third kappa shape index (κ3) is 1.60. The highest BCUT2D eigenvalue weighted by molar-refractivity contribution is 6.29. The van der Waals surface area contributed by atoms with Gasteiger partial charge in [-0.05, 0) is 11.6 Å². The summed E-state index contributed by atoms with van der Waals surface area (Å²) in [6.07, 6.45) is 0. The summed E-state index contributed by atoms with van der Waals surface area (Å²) in [6, 6.07) is 9.65. The molecule has 0 atom stereocenters. The van der Waals surface area contributed by atoms with Gasteiger partial charge in [0.15, 0.2) is 11.5 Å². The summed E-state index contributed by atoms with van der Waals surface area (Å²) in [6.45, 7) is 0. The van der Waals surface area contributed by atoms with Gasteiger partial charge in [-0.15, -0.1) is 0 Å². The van der Waals surface area contributed by atoms with Crippen LogP contribution in [0.1, 0.15) is 0 Å². The number of benzene rings is 1.